The van der Waals surface area contributed by atoms with Crippen molar-refractivity contribution in [3.05, 3.63) is 59.7 Å². The molecule has 0 saturated heterocycles. The van der Waals surface area contributed by atoms with Crippen molar-refractivity contribution in [2.75, 3.05) is 13.7 Å². The Hall–Kier alpha value is -2.00. The van der Waals surface area contributed by atoms with Gasteiger partial charge in [-0.2, -0.15) is 0 Å². The van der Waals surface area contributed by atoms with E-state index in [1.165, 1.54) is 5.56 Å². The highest BCUT2D eigenvalue weighted by Gasteiger charge is 2.00. The molecule has 0 saturated carbocycles. The second kappa shape index (κ2) is 7.56. The second-order valence-corrected chi connectivity index (χ2v) is 4.68. The third kappa shape index (κ3) is 4.28. The van der Waals surface area contributed by atoms with Crippen LogP contribution in [0.15, 0.2) is 48.5 Å². The molecule has 2 rings (SSSR count). The normalized spacial score (nSPS) is 10.3. The van der Waals surface area contributed by atoms with Gasteiger partial charge in [0.15, 0.2) is 0 Å². The van der Waals surface area contributed by atoms with Gasteiger partial charge in [-0.1, -0.05) is 24.3 Å². The van der Waals surface area contributed by atoms with Crippen molar-refractivity contribution in [1.82, 2.24) is 0 Å². The van der Waals surface area contributed by atoms with Crippen molar-refractivity contribution in [2.24, 2.45) is 5.73 Å². The minimum Gasteiger partial charge on any atom is -0.497 e. The molecular weight excluding hydrogens is 250 g/mol. The Morgan fingerprint density at radius 3 is 2.40 bits per heavy atom. The standard InChI is InChI=1S/C17H21NO2/c1-19-16-8-3-6-15(12-16)13-20-17-9-2-5-14(11-17)7-4-10-18/h2-3,5-6,8-9,11-12H,4,7,10,13,18H2,1H3. The first-order valence-electron chi connectivity index (χ1n) is 6.86. The predicted octanol–water partition coefficient (Wildman–Crippen LogP) is 3.17. The fraction of sp³-hybridized carbons (Fsp3) is 0.294. The molecule has 2 N–H and O–H groups in total. The molecule has 0 aliphatic heterocycles. The van der Waals surface area contributed by atoms with E-state index in [1.54, 1.807) is 7.11 Å². The zero-order valence-electron chi connectivity index (χ0n) is 11.8. The van der Waals surface area contributed by atoms with Crippen LogP contribution in [0.3, 0.4) is 0 Å². The Morgan fingerprint density at radius 1 is 0.950 bits per heavy atom. The summed E-state index contributed by atoms with van der Waals surface area (Å²) in [7, 11) is 1.67. The zero-order chi connectivity index (χ0) is 14.2. The molecule has 0 unspecified atom stereocenters. The smallest absolute Gasteiger partial charge is 0.120 e. The molecule has 0 aromatic heterocycles. The van der Waals surface area contributed by atoms with Gasteiger partial charge in [-0.3, -0.25) is 0 Å². The summed E-state index contributed by atoms with van der Waals surface area (Å²) in [4.78, 5) is 0. The first-order valence-corrected chi connectivity index (χ1v) is 6.86. The molecule has 0 fully saturated rings. The summed E-state index contributed by atoms with van der Waals surface area (Å²) in [5.41, 5.74) is 7.89. The van der Waals surface area contributed by atoms with Gasteiger partial charge in [-0.25, -0.2) is 0 Å². The SMILES string of the molecule is COc1cccc(COc2cccc(CCCN)c2)c1. The first-order chi connectivity index (χ1) is 9.81. The molecule has 0 aliphatic carbocycles. The van der Waals surface area contributed by atoms with E-state index in [1.807, 2.05) is 36.4 Å². The van der Waals surface area contributed by atoms with E-state index in [0.717, 1.165) is 36.4 Å². The average Bonchev–Trinajstić information content (AvgIpc) is 2.51. The Bertz CT molecular complexity index is 540. The van der Waals surface area contributed by atoms with Crippen LogP contribution in [0.2, 0.25) is 0 Å². The van der Waals surface area contributed by atoms with E-state index in [-0.39, 0.29) is 0 Å². The van der Waals surface area contributed by atoms with Gasteiger partial charge in [-0.05, 0) is 54.8 Å². The van der Waals surface area contributed by atoms with E-state index >= 15 is 0 Å². The van der Waals surface area contributed by atoms with Crippen molar-refractivity contribution in [3.8, 4) is 11.5 Å². The minimum atomic E-state index is 0.539. The lowest BCUT2D eigenvalue weighted by atomic mass is 10.1. The van der Waals surface area contributed by atoms with Crippen molar-refractivity contribution in [2.45, 2.75) is 19.4 Å². The molecule has 0 heterocycles. The number of ether oxygens (including phenoxy) is 2. The van der Waals surface area contributed by atoms with Gasteiger partial charge >= 0.3 is 0 Å². The third-order valence-electron chi connectivity index (χ3n) is 3.11. The Balaban J connectivity index is 1.95. The largest absolute Gasteiger partial charge is 0.497 e. The second-order valence-electron chi connectivity index (χ2n) is 4.68. The number of nitrogens with two attached hydrogens (primary N) is 1. The van der Waals surface area contributed by atoms with Gasteiger partial charge in [0.1, 0.15) is 18.1 Å². The monoisotopic (exact) mass is 271 g/mol. The highest BCUT2D eigenvalue weighted by molar-refractivity contribution is 5.31. The van der Waals surface area contributed by atoms with Crippen molar-refractivity contribution in [3.63, 3.8) is 0 Å². The van der Waals surface area contributed by atoms with E-state index in [2.05, 4.69) is 12.1 Å². The number of rotatable bonds is 7. The van der Waals surface area contributed by atoms with Gasteiger partial charge in [0.2, 0.25) is 0 Å². The van der Waals surface area contributed by atoms with Crippen LogP contribution in [0, 0.1) is 0 Å². The number of hydrogen-bond acceptors (Lipinski definition) is 3. The molecule has 0 spiro atoms. The Labute approximate surface area is 120 Å². The summed E-state index contributed by atoms with van der Waals surface area (Å²) in [6.45, 7) is 1.26. The molecule has 0 amide bonds. The minimum absolute atomic E-state index is 0.539. The summed E-state index contributed by atoms with van der Waals surface area (Å²) in [6, 6.07) is 16.1. The van der Waals surface area contributed by atoms with Crippen LogP contribution < -0.4 is 15.2 Å². The van der Waals surface area contributed by atoms with E-state index in [4.69, 9.17) is 15.2 Å². The lowest BCUT2D eigenvalue weighted by molar-refractivity contribution is 0.305. The summed E-state index contributed by atoms with van der Waals surface area (Å²) >= 11 is 0. The molecule has 0 aliphatic rings. The zero-order valence-corrected chi connectivity index (χ0v) is 11.8. The molecule has 0 radical (unpaired) electrons. The molecule has 0 atom stereocenters. The molecule has 0 bridgehead atoms. The maximum absolute atomic E-state index is 5.83. The molecule has 106 valence electrons. The molecular formula is C17H21NO2. The van der Waals surface area contributed by atoms with Gasteiger partial charge in [-0.15, -0.1) is 0 Å². The molecule has 3 nitrogen and oxygen atoms in total. The van der Waals surface area contributed by atoms with Crippen LogP contribution in [0.4, 0.5) is 0 Å². The highest BCUT2D eigenvalue weighted by atomic mass is 16.5. The molecule has 3 heteroatoms. The van der Waals surface area contributed by atoms with Gasteiger partial charge in [0.25, 0.3) is 0 Å². The quantitative estimate of drug-likeness (QED) is 0.841. The lowest BCUT2D eigenvalue weighted by Gasteiger charge is -2.09. The fourth-order valence-electron chi connectivity index (χ4n) is 2.03. The number of hydrogen-bond donors (Lipinski definition) is 1. The third-order valence-corrected chi connectivity index (χ3v) is 3.11. The average molecular weight is 271 g/mol. The van der Waals surface area contributed by atoms with Crippen molar-refractivity contribution < 1.29 is 9.47 Å². The Kier molecular flexibility index (Phi) is 5.44. The molecule has 20 heavy (non-hydrogen) atoms. The number of methoxy groups -OCH3 is 1. The summed E-state index contributed by atoms with van der Waals surface area (Å²) in [5.74, 6) is 1.74. The summed E-state index contributed by atoms with van der Waals surface area (Å²) in [6.07, 6.45) is 1.99. The van der Waals surface area contributed by atoms with E-state index < -0.39 is 0 Å². The first kappa shape index (κ1) is 14.4. The van der Waals surface area contributed by atoms with Crippen LogP contribution in [0.25, 0.3) is 0 Å². The van der Waals surface area contributed by atoms with Crippen LogP contribution in [0.1, 0.15) is 17.5 Å². The lowest BCUT2D eigenvalue weighted by Crippen LogP contribution is -2.01. The summed E-state index contributed by atoms with van der Waals surface area (Å²) < 4.78 is 11.0. The van der Waals surface area contributed by atoms with Crippen LogP contribution in [-0.2, 0) is 13.0 Å². The van der Waals surface area contributed by atoms with Gasteiger partial charge in [0.05, 0.1) is 7.11 Å². The maximum Gasteiger partial charge on any atom is 0.120 e. The molecule has 2 aromatic carbocycles. The number of benzene rings is 2. The van der Waals surface area contributed by atoms with Gasteiger partial charge < -0.3 is 15.2 Å². The topological polar surface area (TPSA) is 44.5 Å². The van der Waals surface area contributed by atoms with Crippen molar-refractivity contribution >= 4 is 0 Å². The number of aryl methyl sites for hydroxylation is 1. The molecule has 2 aromatic rings. The highest BCUT2D eigenvalue weighted by Crippen LogP contribution is 2.18. The van der Waals surface area contributed by atoms with E-state index in [0.29, 0.717) is 6.61 Å². The van der Waals surface area contributed by atoms with Crippen LogP contribution in [0.5, 0.6) is 11.5 Å². The maximum atomic E-state index is 5.83. The predicted molar refractivity (Wildman–Crippen MR) is 81.1 cm³/mol. The van der Waals surface area contributed by atoms with Crippen molar-refractivity contribution in [1.29, 1.82) is 0 Å². The van der Waals surface area contributed by atoms with Crippen LogP contribution in [-0.4, -0.2) is 13.7 Å². The Morgan fingerprint density at radius 2 is 1.65 bits per heavy atom. The summed E-state index contributed by atoms with van der Waals surface area (Å²) in [5, 5.41) is 0. The van der Waals surface area contributed by atoms with Crippen LogP contribution >= 0.6 is 0 Å². The van der Waals surface area contributed by atoms with Gasteiger partial charge in [0, 0.05) is 0 Å². The fourth-order valence-corrected chi connectivity index (χ4v) is 2.03. The van der Waals surface area contributed by atoms with E-state index in [9.17, 15) is 0 Å².